The lowest BCUT2D eigenvalue weighted by molar-refractivity contribution is 0.146. The van der Waals surface area contributed by atoms with E-state index in [2.05, 4.69) is 9.82 Å². The molecule has 0 spiro atoms. The van der Waals surface area contributed by atoms with Crippen LogP contribution in [0.25, 0.3) is 0 Å². The van der Waals surface area contributed by atoms with Crippen LogP contribution in [-0.2, 0) is 14.8 Å². The Morgan fingerprint density at radius 3 is 2.81 bits per heavy atom. The lowest BCUT2D eigenvalue weighted by Gasteiger charge is -2.08. The number of rotatable bonds is 8. The zero-order chi connectivity index (χ0) is 15.3. The van der Waals surface area contributed by atoms with Crippen molar-refractivity contribution in [2.45, 2.75) is 56.9 Å². The van der Waals surface area contributed by atoms with Crippen molar-refractivity contribution in [1.82, 2.24) is 14.5 Å². The van der Waals surface area contributed by atoms with E-state index in [1.165, 1.54) is 12.8 Å². The van der Waals surface area contributed by atoms with E-state index in [1.807, 2.05) is 11.6 Å². The Morgan fingerprint density at radius 1 is 1.43 bits per heavy atom. The summed E-state index contributed by atoms with van der Waals surface area (Å²) < 4.78 is 34.3. The highest BCUT2D eigenvalue weighted by molar-refractivity contribution is 7.89. The number of hydrogen-bond donors (Lipinski definition) is 1. The van der Waals surface area contributed by atoms with E-state index in [4.69, 9.17) is 4.74 Å². The SMILES string of the molecule is CCOCCCNS(=O)(=O)c1cn(C2CCCC2)nc1C. The number of aromatic nitrogens is 2. The zero-order valence-electron chi connectivity index (χ0n) is 12.8. The molecule has 1 aromatic heterocycles. The predicted octanol–water partition coefficient (Wildman–Crippen LogP) is 2.01. The molecule has 0 aromatic carbocycles. The molecule has 21 heavy (non-hydrogen) atoms. The normalized spacial score (nSPS) is 16.7. The van der Waals surface area contributed by atoms with Crippen molar-refractivity contribution in [2.75, 3.05) is 19.8 Å². The molecule has 1 saturated carbocycles. The number of ether oxygens (including phenoxy) is 1. The number of hydrogen-bond acceptors (Lipinski definition) is 4. The van der Waals surface area contributed by atoms with Crippen molar-refractivity contribution in [2.24, 2.45) is 0 Å². The molecular formula is C14H25N3O3S. The van der Waals surface area contributed by atoms with Gasteiger partial charge in [0.1, 0.15) is 4.90 Å². The third-order valence-electron chi connectivity index (χ3n) is 3.82. The maximum atomic E-state index is 12.3. The maximum Gasteiger partial charge on any atom is 0.243 e. The molecule has 1 aromatic rings. The average Bonchev–Trinajstić information content (AvgIpc) is 3.07. The molecule has 0 atom stereocenters. The Kier molecular flexibility index (Phi) is 5.78. The van der Waals surface area contributed by atoms with Crippen LogP contribution in [0.5, 0.6) is 0 Å². The number of aryl methyl sites for hydroxylation is 1. The van der Waals surface area contributed by atoms with E-state index in [1.54, 1.807) is 13.1 Å². The topological polar surface area (TPSA) is 73.2 Å². The van der Waals surface area contributed by atoms with Gasteiger partial charge in [-0.2, -0.15) is 5.10 Å². The van der Waals surface area contributed by atoms with Crippen LogP contribution in [-0.4, -0.2) is 38.0 Å². The van der Waals surface area contributed by atoms with Gasteiger partial charge in [-0.25, -0.2) is 13.1 Å². The third kappa shape index (κ3) is 4.28. The van der Waals surface area contributed by atoms with Crippen molar-refractivity contribution in [3.63, 3.8) is 0 Å². The molecule has 0 unspecified atom stereocenters. The lowest BCUT2D eigenvalue weighted by Crippen LogP contribution is -2.26. The van der Waals surface area contributed by atoms with Gasteiger partial charge in [-0.1, -0.05) is 12.8 Å². The minimum absolute atomic E-state index is 0.297. The maximum absolute atomic E-state index is 12.3. The number of nitrogens with zero attached hydrogens (tertiary/aromatic N) is 2. The van der Waals surface area contributed by atoms with Gasteiger partial charge in [0.2, 0.25) is 10.0 Å². The van der Waals surface area contributed by atoms with E-state index in [0.717, 1.165) is 12.8 Å². The first kappa shape index (κ1) is 16.5. The summed E-state index contributed by atoms with van der Waals surface area (Å²) in [6.07, 6.45) is 6.91. The molecule has 1 N–H and O–H groups in total. The van der Waals surface area contributed by atoms with Crippen molar-refractivity contribution in [3.8, 4) is 0 Å². The van der Waals surface area contributed by atoms with E-state index >= 15 is 0 Å². The first-order valence-corrected chi connectivity index (χ1v) is 9.16. The van der Waals surface area contributed by atoms with Crippen LogP contribution in [0.15, 0.2) is 11.1 Å². The van der Waals surface area contributed by atoms with E-state index < -0.39 is 10.0 Å². The van der Waals surface area contributed by atoms with E-state index in [-0.39, 0.29) is 0 Å². The molecular weight excluding hydrogens is 290 g/mol. The molecule has 1 aliphatic carbocycles. The Morgan fingerprint density at radius 2 is 2.14 bits per heavy atom. The van der Waals surface area contributed by atoms with Gasteiger partial charge in [0.05, 0.1) is 11.7 Å². The first-order valence-electron chi connectivity index (χ1n) is 7.67. The Labute approximate surface area is 126 Å². The molecule has 1 fully saturated rings. The van der Waals surface area contributed by atoms with Gasteiger partial charge in [-0.15, -0.1) is 0 Å². The molecule has 6 nitrogen and oxygen atoms in total. The molecule has 7 heteroatoms. The van der Waals surface area contributed by atoms with Gasteiger partial charge in [-0.3, -0.25) is 4.68 Å². The van der Waals surface area contributed by atoms with Gasteiger partial charge >= 0.3 is 0 Å². The van der Waals surface area contributed by atoms with Crippen molar-refractivity contribution in [3.05, 3.63) is 11.9 Å². The quantitative estimate of drug-likeness (QED) is 0.745. The Hall–Kier alpha value is -0.920. The monoisotopic (exact) mass is 315 g/mol. The number of nitrogens with one attached hydrogen (secondary N) is 1. The molecule has 2 rings (SSSR count). The van der Waals surface area contributed by atoms with Gasteiger partial charge in [-0.05, 0) is 33.1 Å². The molecule has 0 radical (unpaired) electrons. The molecule has 0 amide bonds. The standard InChI is InChI=1S/C14H25N3O3S/c1-3-20-10-6-9-15-21(18,19)14-11-17(16-12(14)2)13-7-4-5-8-13/h11,13,15H,3-10H2,1-2H3. The summed E-state index contributed by atoms with van der Waals surface area (Å²) in [5.74, 6) is 0. The average molecular weight is 315 g/mol. The van der Waals surface area contributed by atoms with E-state index in [9.17, 15) is 8.42 Å². The van der Waals surface area contributed by atoms with Crippen molar-refractivity contribution in [1.29, 1.82) is 0 Å². The summed E-state index contributed by atoms with van der Waals surface area (Å²) >= 11 is 0. The molecule has 120 valence electrons. The smallest absolute Gasteiger partial charge is 0.243 e. The second-order valence-corrected chi connectivity index (χ2v) is 7.18. The fourth-order valence-electron chi connectivity index (χ4n) is 2.69. The predicted molar refractivity (Wildman–Crippen MR) is 80.8 cm³/mol. The second kappa shape index (κ2) is 7.38. The molecule has 0 bridgehead atoms. The van der Waals surface area contributed by atoms with Gasteiger partial charge in [0, 0.05) is 26.0 Å². The Balaban J connectivity index is 1.98. The van der Waals surface area contributed by atoms with E-state index in [0.29, 0.717) is 42.8 Å². The Bertz CT molecular complexity index is 548. The van der Waals surface area contributed by atoms with Crippen LogP contribution in [0.1, 0.15) is 50.8 Å². The van der Waals surface area contributed by atoms with Crippen LogP contribution in [0.3, 0.4) is 0 Å². The second-order valence-electron chi connectivity index (χ2n) is 5.45. The van der Waals surface area contributed by atoms with Crippen molar-refractivity contribution >= 4 is 10.0 Å². The summed E-state index contributed by atoms with van der Waals surface area (Å²) in [6.45, 7) is 5.28. The summed E-state index contributed by atoms with van der Waals surface area (Å²) in [6, 6.07) is 0.352. The highest BCUT2D eigenvalue weighted by Gasteiger charge is 2.24. The fraction of sp³-hybridized carbons (Fsp3) is 0.786. The van der Waals surface area contributed by atoms with Crippen LogP contribution in [0.2, 0.25) is 0 Å². The van der Waals surface area contributed by atoms with Gasteiger partial charge in [0.15, 0.2) is 0 Å². The highest BCUT2D eigenvalue weighted by atomic mass is 32.2. The molecule has 1 heterocycles. The molecule has 0 aliphatic heterocycles. The summed E-state index contributed by atoms with van der Waals surface area (Å²) in [7, 11) is -3.48. The fourth-order valence-corrected chi connectivity index (χ4v) is 3.93. The van der Waals surface area contributed by atoms with Gasteiger partial charge in [0.25, 0.3) is 0 Å². The lowest BCUT2D eigenvalue weighted by atomic mass is 10.3. The minimum atomic E-state index is -3.48. The minimum Gasteiger partial charge on any atom is -0.382 e. The van der Waals surface area contributed by atoms with Crippen LogP contribution < -0.4 is 4.72 Å². The van der Waals surface area contributed by atoms with Crippen LogP contribution in [0.4, 0.5) is 0 Å². The first-order chi connectivity index (χ1) is 10.0. The highest BCUT2D eigenvalue weighted by Crippen LogP contribution is 2.30. The molecule has 0 saturated heterocycles. The van der Waals surface area contributed by atoms with Gasteiger partial charge < -0.3 is 4.74 Å². The molecule has 1 aliphatic rings. The summed E-state index contributed by atoms with van der Waals surface area (Å²) in [5, 5.41) is 4.39. The van der Waals surface area contributed by atoms with Crippen LogP contribution >= 0.6 is 0 Å². The van der Waals surface area contributed by atoms with Crippen LogP contribution in [0, 0.1) is 6.92 Å². The third-order valence-corrected chi connectivity index (χ3v) is 5.39. The number of sulfonamides is 1. The summed E-state index contributed by atoms with van der Waals surface area (Å²) in [4.78, 5) is 0.297. The van der Waals surface area contributed by atoms with Crippen molar-refractivity contribution < 1.29 is 13.2 Å². The zero-order valence-corrected chi connectivity index (χ0v) is 13.7. The summed E-state index contributed by atoms with van der Waals surface area (Å²) in [5.41, 5.74) is 0.569. The largest absolute Gasteiger partial charge is 0.382 e.